The molecule has 0 unspecified atom stereocenters. The van der Waals surface area contributed by atoms with Gasteiger partial charge in [-0.25, -0.2) is 4.39 Å². The average molecular weight is 745 g/mol. The SMILES string of the molecule is CCCCCCCCCCCCN=C1C=CC2=CN(CCCCCCCCCCCC)[C@@H](c3ccc(F)cc3Cc3ccccn3)[C@H](c3ccccn3)C2=C1. The summed E-state index contributed by atoms with van der Waals surface area (Å²) < 4.78 is 15.1. The normalized spacial score (nSPS) is 17.4. The van der Waals surface area contributed by atoms with Crippen LogP contribution >= 0.6 is 0 Å². The van der Waals surface area contributed by atoms with Crippen molar-refractivity contribution in [2.75, 3.05) is 13.1 Å². The summed E-state index contributed by atoms with van der Waals surface area (Å²) in [5.74, 6) is -0.247. The van der Waals surface area contributed by atoms with Crippen LogP contribution in [-0.2, 0) is 6.42 Å². The Hall–Kier alpha value is -3.86. The Balaban J connectivity index is 1.35. The van der Waals surface area contributed by atoms with E-state index >= 15 is 4.39 Å². The summed E-state index contributed by atoms with van der Waals surface area (Å²) in [5.41, 5.74) is 7.62. The predicted octanol–water partition coefficient (Wildman–Crippen LogP) is 14.0. The van der Waals surface area contributed by atoms with Gasteiger partial charge in [0.1, 0.15) is 5.82 Å². The Bertz CT molecular complexity index is 1640. The van der Waals surface area contributed by atoms with Crippen LogP contribution in [0.15, 0.2) is 108 Å². The molecule has 0 fully saturated rings. The Morgan fingerprint density at radius 2 is 1.27 bits per heavy atom. The largest absolute Gasteiger partial charge is 0.369 e. The lowest BCUT2D eigenvalue weighted by molar-refractivity contribution is 0.236. The Morgan fingerprint density at radius 1 is 0.655 bits per heavy atom. The molecule has 3 heterocycles. The number of benzene rings is 1. The minimum absolute atomic E-state index is 0.0373. The zero-order valence-corrected chi connectivity index (χ0v) is 34.2. The van der Waals surface area contributed by atoms with Crippen molar-refractivity contribution >= 4 is 5.71 Å². The van der Waals surface area contributed by atoms with E-state index in [1.54, 1.807) is 12.1 Å². The van der Waals surface area contributed by atoms with Gasteiger partial charge in [-0.1, -0.05) is 154 Å². The molecule has 0 spiro atoms. The number of pyridine rings is 2. The summed E-state index contributed by atoms with van der Waals surface area (Å²) >= 11 is 0. The summed E-state index contributed by atoms with van der Waals surface area (Å²) in [5, 5.41) is 0. The van der Waals surface area contributed by atoms with Crippen LogP contribution in [0, 0.1) is 5.82 Å². The molecule has 1 aromatic carbocycles. The second-order valence-electron chi connectivity index (χ2n) is 15.9. The zero-order chi connectivity index (χ0) is 38.3. The smallest absolute Gasteiger partial charge is 0.123 e. The van der Waals surface area contributed by atoms with Crippen LogP contribution in [-0.4, -0.2) is 33.7 Å². The fourth-order valence-corrected chi connectivity index (χ4v) is 8.41. The summed E-state index contributed by atoms with van der Waals surface area (Å²) in [6.07, 6.45) is 39.8. The topological polar surface area (TPSA) is 41.4 Å². The number of aromatic nitrogens is 2. The second kappa shape index (κ2) is 24.6. The monoisotopic (exact) mass is 745 g/mol. The van der Waals surface area contributed by atoms with E-state index < -0.39 is 0 Å². The van der Waals surface area contributed by atoms with Gasteiger partial charge in [-0.15, -0.1) is 0 Å². The molecule has 2 atom stereocenters. The molecule has 296 valence electrons. The number of hydrogen-bond donors (Lipinski definition) is 0. The number of unbranched alkanes of at least 4 members (excludes halogenated alkanes) is 18. The van der Waals surface area contributed by atoms with Gasteiger partial charge in [0.05, 0.1) is 23.4 Å². The number of aliphatic imine (C=N–C) groups is 1. The number of allylic oxidation sites excluding steroid dienone is 4. The third-order valence-electron chi connectivity index (χ3n) is 11.5. The van der Waals surface area contributed by atoms with Gasteiger partial charge in [0.15, 0.2) is 0 Å². The van der Waals surface area contributed by atoms with E-state index in [-0.39, 0.29) is 17.8 Å². The van der Waals surface area contributed by atoms with Crippen molar-refractivity contribution in [3.05, 3.63) is 131 Å². The molecule has 5 rings (SSSR count). The summed E-state index contributed by atoms with van der Waals surface area (Å²) in [4.78, 5) is 17.3. The first kappa shape index (κ1) is 42.3. The lowest BCUT2D eigenvalue weighted by Crippen LogP contribution is -2.36. The minimum Gasteiger partial charge on any atom is -0.369 e. The Kier molecular flexibility index (Phi) is 18.9. The molecule has 0 bridgehead atoms. The lowest BCUT2D eigenvalue weighted by atomic mass is 9.74. The molecule has 1 aliphatic carbocycles. The first-order chi connectivity index (χ1) is 27.2. The first-order valence-corrected chi connectivity index (χ1v) is 22.2. The van der Waals surface area contributed by atoms with Crippen molar-refractivity contribution in [2.24, 2.45) is 4.99 Å². The van der Waals surface area contributed by atoms with Gasteiger partial charge in [0.2, 0.25) is 0 Å². The molecule has 0 N–H and O–H groups in total. The fourth-order valence-electron chi connectivity index (χ4n) is 8.41. The quantitative estimate of drug-likeness (QED) is 0.0769. The number of fused-ring (bicyclic) bond motifs is 1. The van der Waals surface area contributed by atoms with Gasteiger partial charge >= 0.3 is 0 Å². The van der Waals surface area contributed by atoms with Gasteiger partial charge in [0.25, 0.3) is 0 Å². The number of hydrogen-bond acceptors (Lipinski definition) is 4. The van der Waals surface area contributed by atoms with Gasteiger partial charge in [0, 0.05) is 43.8 Å². The highest BCUT2D eigenvalue weighted by molar-refractivity contribution is 6.07. The van der Waals surface area contributed by atoms with E-state index in [4.69, 9.17) is 9.98 Å². The summed E-state index contributed by atoms with van der Waals surface area (Å²) in [7, 11) is 0. The van der Waals surface area contributed by atoms with Crippen LogP contribution < -0.4 is 0 Å². The number of rotatable bonds is 26. The molecule has 4 nitrogen and oxygen atoms in total. The van der Waals surface area contributed by atoms with Crippen molar-refractivity contribution in [1.29, 1.82) is 0 Å². The highest BCUT2D eigenvalue weighted by Gasteiger charge is 2.39. The Morgan fingerprint density at radius 3 is 1.89 bits per heavy atom. The van der Waals surface area contributed by atoms with Crippen LogP contribution in [0.5, 0.6) is 0 Å². The summed E-state index contributed by atoms with van der Waals surface area (Å²) in [6, 6.07) is 17.6. The third-order valence-corrected chi connectivity index (χ3v) is 11.5. The average Bonchev–Trinajstić information content (AvgIpc) is 3.21. The molecular weight excluding hydrogens is 676 g/mol. The van der Waals surface area contributed by atoms with Crippen LogP contribution in [0.3, 0.4) is 0 Å². The van der Waals surface area contributed by atoms with Gasteiger partial charge < -0.3 is 4.90 Å². The molecule has 5 heteroatoms. The molecule has 0 saturated heterocycles. The van der Waals surface area contributed by atoms with Crippen molar-refractivity contribution in [3.8, 4) is 0 Å². The van der Waals surface area contributed by atoms with Crippen LogP contribution in [0.2, 0.25) is 0 Å². The lowest BCUT2D eigenvalue weighted by Gasteiger charge is -2.44. The van der Waals surface area contributed by atoms with E-state index in [9.17, 15) is 0 Å². The van der Waals surface area contributed by atoms with Crippen LogP contribution in [0.4, 0.5) is 4.39 Å². The minimum atomic E-state index is -0.210. The van der Waals surface area contributed by atoms with E-state index in [2.05, 4.69) is 60.3 Å². The first-order valence-electron chi connectivity index (χ1n) is 22.2. The van der Waals surface area contributed by atoms with Crippen molar-refractivity contribution in [3.63, 3.8) is 0 Å². The van der Waals surface area contributed by atoms with E-state index in [1.807, 2.05) is 42.7 Å². The molecule has 0 amide bonds. The summed E-state index contributed by atoms with van der Waals surface area (Å²) in [6.45, 7) is 6.36. The van der Waals surface area contributed by atoms with Crippen molar-refractivity contribution in [2.45, 2.75) is 161 Å². The van der Waals surface area contributed by atoms with Crippen molar-refractivity contribution < 1.29 is 4.39 Å². The van der Waals surface area contributed by atoms with Crippen LogP contribution in [0.25, 0.3) is 0 Å². The zero-order valence-electron chi connectivity index (χ0n) is 34.2. The highest BCUT2D eigenvalue weighted by Crippen LogP contribution is 2.49. The van der Waals surface area contributed by atoms with Gasteiger partial charge in [-0.05, 0) is 83.7 Å². The predicted molar refractivity (Wildman–Crippen MR) is 231 cm³/mol. The number of halogens is 1. The molecule has 3 aromatic rings. The maximum absolute atomic E-state index is 15.1. The molecular formula is C50H69FN4. The molecule has 55 heavy (non-hydrogen) atoms. The van der Waals surface area contributed by atoms with Crippen LogP contribution in [0.1, 0.15) is 177 Å². The molecule has 2 aliphatic rings. The Labute approximate surface area is 333 Å². The maximum atomic E-state index is 15.1. The fraction of sp³-hybridized carbons (Fsp3) is 0.540. The number of nitrogens with zero attached hydrogens (tertiary/aromatic N) is 4. The highest BCUT2D eigenvalue weighted by atomic mass is 19.1. The molecule has 0 radical (unpaired) electrons. The third kappa shape index (κ3) is 14.0. The molecule has 0 saturated carbocycles. The molecule has 1 aliphatic heterocycles. The molecule has 2 aromatic heterocycles. The maximum Gasteiger partial charge on any atom is 0.123 e. The van der Waals surface area contributed by atoms with Crippen molar-refractivity contribution in [1.82, 2.24) is 14.9 Å². The van der Waals surface area contributed by atoms with E-state index in [0.29, 0.717) is 6.42 Å². The van der Waals surface area contributed by atoms with Gasteiger partial charge in [-0.2, -0.15) is 0 Å². The van der Waals surface area contributed by atoms with E-state index in [0.717, 1.165) is 54.2 Å². The van der Waals surface area contributed by atoms with E-state index in [1.165, 1.54) is 127 Å². The second-order valence-corrected chi connectivity index (χ2v) is 15.9. The standard InChI is InChI=1S/C50H69FN4/c1-3-5-7-9-11-13-15-17-19-23-33-53-45-31-29-41-40-55(36-26-20-18-16-14-12-10-8-6-4-2)50(49(47(41)39-45)48-28-22-25-35-54-48)46-32-30-43(51)37-42(46)38-44-27-21-24-34-52-44/h21-22,24-25,27-32,34-35,37,39-40,49-50H,3-20,23,26,33,36,38H2,1-2H3/t49-,50-/m0/s1. The van der Waals surface area contributed by atoms with Gasteiger partial charge in [-0.3, -0.25) is 15.0 Å².